The highest BCUT2D eigenvalue weighted by Gasteiger charge is 2.26. The van der Waals surface area contributed by atoms with Gasteiger partial charge in [-0.1, -0.05) is 42.1 Å². The number of anilines is 1. The monoisotopic (exact) mass is 452 g/mol. The molecule has 8 heteroatoms. The fourth-order valence-electron chi connectivity index (χ4n) is 3.86. The Hall–Kier alpha value is -2.84. The summed E-state index contributed by atoms with van der Waals surface area (Å²) in [5.74, 6) is 1.77. The standard InChI is InChI=1S/C24H28N4O3S/c1-16-13-28(14-17(2)31-16)23-24(27-20-10-6-5-9-19(20)26-23)32-15-22(29)25-12-18-8-4-7-11-21(18)30-3/h4-11,16-17H,12-15H2,1-3H3,(H,25,29)/t16-,17-/m1/s1. The number of methoxy groups -OCH3 is 1. The molecular weight excluding hydrogens is 424 g/mol. The molecule has 32 heavy (non-hydrogen) atoms. The first-order valence-corrected chi connectivity index (χ1v) is 11.7. The number of morpholine rings is 1. The van der Waals surface area contributed by atoms with E-state index in [4.69, 9.17) is 19.4 Å². The van der Waals surface area contributed by atoms with Gasteiger partial charge in [0.1, 0.15) is 10.8 Å². The summed E-state index contributed by atoms with van der Waals surface area (Å²) >= 11 is 1.41. The van der Waals surface area contributed by atoms with E-state index in [0.717, 1.165) is 46.3 Å². The highest BCUT2D eigenvalue weighted by atomic mass is 32.2. The van der Waals surface area contributed by atoms with Gasteiger partial charge in [0.05, 0.1) is 36.1 Å². The van der Waals surface area contributed by atoms with Crippen LogP contribution in [-0.2, 0) is 16.1 Å². The van der Waals surface area contributed by atoms with E-state index in [1.54, 1.807) is 7.11 Å². The Morgan fingerprint density at radius 3 is 2.47 bits per heavy atom. The molecule has 3 aromatic rings. The molecular formula is C24H28N4O3S. The van der Waals surface area contributed by atoms with Gasteiger partial charge in [0, 0.05) is 25.2 Å². The number of ether oxygens (including phenoxy) is 2. The normalized spacial score (nSPS) is 18.5. The van der Waals surface area contributed by atoms with Gasteiger partial charge in [-0.25, -0.2) is 9.97 Å². The van der Waals surface area contributed by atoms with Gasteiger partial charge in [0.25, 0.3) is 0 Å². The van der Waals surface area contributed by atoms with E-state index in [2.05, 4.69) is 24.1 Å². The molecule has 2 atom stereocenters. The van der Waals surface area contributed by atoms with Crippen LogP contribution in [0.3, 0.4) is 0 Å². The largest absolute Gasteiger partial charge is 0.496 e. The summed E-state index contributed by atoms with van der Waals surface area (Å²) in [6.07, 6.45) is 0.211. The molecule has 1 aliphatic heterocycles. The maximum atomic E-state index is 12.6. The van der Waals surface area contributed by atoms with Gasteiger partial charge in [0.2, 0.25) is 5.91 Å². The van der Waals surface area contributed by atoms with Crippen molar-refractivity contribution in [3.63, 3.8) is 0 Å². The fraction of sp³-hybridized carbons (Fsp3) is 0.375. The Bertz CT molecular complexity index is 1080. The first-order valence-electron chi connectivity index (χ1n) is 10.7. The second kappa shape index (κ2) is 10.2. The minimum Gasteiger partial charge on any atom is -0.496 e. The van der Waals surface area contributed by atoms with Crippen LogP contribution in [0.15, 0.2) is 53.6 Å². The molecule has 0 bridgehead atoms. The van der Waals surface area contributed by atoms with Gasteiger partial charge in [-0.05, 0) is 32.0 Å². The van der Waals surface area contributed by atoms with E-state index < -0.39 is 0 Å². The lowest BCUT2D eigenvalue weighted by atomic mass is 10.2. The molecule has 1 aliphatic rings. The van der Waals surface area contributed by atoms with Crippen LogP contribution in [0.2, 0.25) is 0 Å². The number of benzene rings is 2. The lowest BCUT2D eigenvalue weighted by molar-refractivity contribution is -0.118. The molecule has 1 N–H and O–H groups in total. The van der Waals surface area contributed by atoms with Crippen molar-refractivity contribution >= 4 is 34.5 Å². The van der Waals surface area contributed by atoms with Crippen LogP contribution in [0.4, 0.5) is 5.82 Å². The summed E-state index contributed by atoms with van der Waals surface area (Å²) in [5, 5.41) is 3.73. The number of rotatable bonds is 7. The van der Waals surface area contributed by atoms with Crippen LogP contribution in [0.1, 0.15) is 19.4 Å². The SMILES string of the molecule is COc1ccccc1CNC(=O)CSc1nc2ccccc2nc1N1C[C@@H](C)O[C@H](C)C1. The molecule has 1 saturated heterocycles. The Kier molecular flexibility index (Phi) is 7.12. The maximum absolute atomic E-state index is 12.6. The zero-order chi connectivity index (χ0) is 22.5. The predicted octanol–water partition coefficient (Wildman–Crippen LogP) is 3.66. The number of hydrogen-bond acceptors (Lipinski definition) is 7. The zero-order valence-electron chi connectivity index (χ0n) is 18.6. The van der Waals surface area contributed by atoms with E-state index in [0.29, 0.717) is 6.54 Å². The number of thioether (sulfide) groups is 1. The molecule has 2 aromatic carbocycles. The van der Waals surface area contributed by atoms with Crippen molar-refractivity contribution in [3.05, 3.63) is 54.1 Å². The van der Waals surface area contributed by atoms with Gasteiger partial charge in [0.15, 0.2) is 5.82 Å². The van der Waals surface area contributed by atoms with Crippen molar-refractivity contribution in [1.29, 1.82) is 0 Å². The van der Waals surface area contributed by atoms with Crippen LogP contribution >= 0.6 is 11.8 Å². The molecule has 0 unspecified atom stereocenters. The average molecular weight is 453 g/mol. The van der Waals surface area contributed by atoms with E-state index in [-0.39, 0.29) is 23.9 Å². The number of amides is 1. The fourth-order valence-corrected chi connectivity index (χ4v) is 4.69. The van der Waals surface area contributed by atoms with Gasteiger partial charge in [-0.2, -0.15) is 0 Å². The van der Waals surface area contributed by atoms with Crippen molar-refractivity contribution < 1.29 is 14.3 Å². The lowest BCUT2D eigenvalue weighted by Gasteiger charge is -2.36. The molecule has 0 saturated carbocycles. The van der Waals surface area contributed by atoms with Gasteiger partial charge in [-0.15, -0.1) is 0 Å². The number of fused-ring (bicyclic) bond motifs is 1. The molecule has 2 heterocycles. The topological polar surface area (TPSA) is 76.6 Å². The smallest absolute Gasteiger partial charge is 0.230 e. The van der Waals surface area contributed by atoms with Crippen molar-refractivity contribution in [2.24, 2.45) is 0 Å². The highest BCUT2D eigenvalue weighted by Crippen LogP contribution is 2.31. The van der Waals surface area contributed by atoms with Crippen LogP contribution in [0, 0.1) is 0 Å². The van der Waals surface area contributed by atoms with Crippen LogP contribution < -0.4 is 15.0 Å². The second-order valence-electron chi connectivity index (χ2n) is 7.88. The number of hydrogen-bond donors (Lipinski definition) is 1. The number of carbonyl (C=O) groups excluding carboxylic acids is 1. The Morgan fingerprint density at radius 2 is 1.75 bits per heavy atom. The van der Waals surface area contributed by atoms with Gasteiger partial charge >= 0.3 is 0 Å². The third-order valence-corrected chi connectivity index (χ3v) is 6.20. The molecule has 1 amide bonds. The van der Waals surface area contributed by atoms with Gasteiger partial charge in [-0.3, -0.25) is 4.79 Å². The molecule has 168 valence electrons. The first kappa shape index (κ1) is 22.4. The molecule has 1 aromatic heterocycles. The minimum atomic E-state index is -0.0643. The van der Waals surface area contributed by atoms with Gasteiger partial charge < -0.3 is 19.7 Å². The molecule has 1 fully saturated rings. The highest BCUT2D eigenvalue weighted by molar-refractivity contribution is 8.00. The zero-order valence-corrected chi connectivity index (χ0v) is 19.4. The van der Waals surface area contributed by atoms with Crippen molar-refractivity contribution in [2.75, 3.05) is 30.9 Å². The summed E-state index contributed by atoms with van der Waals surface area (Å²) < 4.78 is 11.2. The summed E-state index contributed by atoms with van der Waals surface area (Å²) in [7, 11) is 1.63. The summed E-state index contributed by atoms with van der Waals surface area (Å²) in [6.45, 7) is 6.03. The average Bonchev–Trinajstić information content (AvgIpc) is 2.80. The summed E-state index contributed by atoms with van der Waals surface area (Å²) in [6, 6.07) is 15.5. The Balaban J connectivity index is 1.49. The molecule has 0 radical (unpaired) electrons. The van der Waals surface area contributed by atoms with Crippen LogP contribution in [0.5, 0.6) is 5.75 Å². The minimum absolute atomic E-state index is 0.0643. The van der Waals surface area contributed by atoms with E-state index >= 15 is 0 Å². The Morgan fingerprint density at radius 1 is 1.09 bits per heavy atom. The molecule has 0 aliphatic carbocycles. The number of carbonyl (C=O) groups is 1. The summed E-state index contributed by atoms with van der Waals surface area (Å²) in [5.41, 5.74) is 2.61. The number of nitrogens with zero attached hydrogens (tertiary/aromatic N) is 3. The summed E-state index contributed by atoms with van der Waals surface area (Å²) in [4.78, 5) is 24.5. The van der Waals surface area contributed by atoms with E-state index in [1.807, 2.05) is 48.5 Å². The number of aromatic nitrogens is 2. The molecule has 4 rings (SSSR count). The second-order valence-corrected chi connectivity index (χ2v) is 8.84. The van der Waals surface area contributed by atoms with E-state index in [9.17, 15) is 4.79 Å². The quantitative estimate of drug-likeness (QED) is 0.548. The Labute approximate surface area is 192 Å². The molecule has 0 spiro atoms. The first-order chi connectivity index (χ1) is 15.5. The van der Waals surface area contributed by atoms with E-state index in [1.165, 1.54) is 11.8 Å². The maximum Gasteiger partial charge on any atom is 0.230 e. The third kappa shape index (κ3) is 5.31. The third-order valence-electron chi connectivity index (χ3n) is 5.25. The number of nitrogens with one attached hydrogen (secondary N) is 1. The predicted molar refractivity (Wildman–Crippen MR) is 127 cm³/mol. The van der Waals surface area contributed by atoms with Crippen LogP contribution in [0.25, 0.3) is 11.0 Å². The van der Waals surface area contributed by atoms with Crippen LogP contribution in [-0.4, -0.2) is 54.0 Å². The van der Waals surface area contributed by atoms with Crippen molar-refractivity contribution in [3.8, 4) is 5.75 Å². The number of para-hydroxylation sites is 3. The lowest BCUT2D eigenvalue weighted by Crippen LogP contribution is -2.46. The van der Waals surface area contributed by atoms with Crippen molar-refractivity contribution in [2.45, 2.75) is 37.6 Å². The molecule has 7 nitrogen and oxygen atoms in total. The van der Waals surface area contributed by atoms with Crippen molar-refractivity contribution in [1.82, 2.24) is 15.3 Å².